The van der Waals surface area contributed by atoms with Gasteiger partial charge in [-0.2, -0.15) is 0 Å². The third-order valence-electron chi connectivity index (χ3n) is 4.30. The number of aliphatic hydroxyl groups excluding tert-OH is 1. The van der Waals surface area contributed by atoms with E-state index in [1.807, 2.05) is 24.3 Å². The average Bonchev–Trinajstić information content (AvgIpc) is 2.73. The van der Waals surface area contributed by atoms with Gasteiger partial charge in [0.1, 0.15) is 5.75 Å². The van der Waals surface area contributed by atoms with Crippen molar-refractivity contribution in [3.05, 3.63) is 29.8 Å². The van der Waals surface area contributed by atoms with Gasteiger partial charge in [0.05, 0.1) is 20.3 Å². The van der Waals surface area contributed by atoms with Crippen LogP contribution in [0.3, 0.4) is 0 Å². The van der Waals surface area contributed by atoms with Crippen molar-refractivity contribution in [2.45, 2.75) is 58.0 Å². The number of hydrogen-bond acceptors (Lipinski definition) is 7. The minimum atomic E-state index is -0.735. The zero-order valence-electron chi connectivity index (χ0n) is 17.6. The molecule has 0 aromatic heterocycles. The topological polar surface area (TPSA) is 91.3 Å². The molecule has 1 N–H and O–H groups in total. The summed E-state index contributed by atoms with van der Waals surface area (Å²) in [5.74, 6) is 0.0616. The maximum absolute atomic E-state index is 12.1. The number of carbonyl (C=O) groups is 2. The SMILES string of the molecule is CCOC(=O)CCCCOC(Cc1ccccc1OCCCCCO)C(=O)OC. The average molecular weight is 411 g/mol. The van der Waals surface area contributed by atoms with Gasteiger partial charge in [0.2, 0.25) is 0 Å². The second-order valence-electron chi connectivity index (χ2n) is 6.59. The zero-order valence-corrected chi connectivity index (χ0v) is 17.6. The van der Waals surface area contributed by atoms with E-state index in [0.29, 0.717) is 45.5 Å². The third kappa shape index (κ3) is 10.9. The number of aliphatic hydroxyl groups is 1. The van der Waals surface area contributed by atoms with Crippen LogP contribution in [0.4, 0.5) is 0 Å². The monoisotopic (exact) mass is 410 g/mol. The Kier molecular flexibility index (Phi) is 13.5. The largest absolute Gasteiger partial charge is 0.493 e. The van der Waals surface area contributed by atoms with E-state index in [-0.39, 0.29) is 12.6 Å². The number of hydrogen-bond donors (Lipinski definition) is 1. The summed E-state index contributed by atoms with van der Waals surface area (Å²) >= 11 is 0. The highest BCUT2D eigenvalue weighted by Crippen LogP contribution is 2.21. The van der Waals surface area contributed by atoms with Gasteiger partial charge in [-0.3, -0.25) is 4.79 Å². The molecule has 0 fully saturated rings. The summed E-state index contributed by atoms with van der Waals surface area (Å²) in [5.41, 5.74) is 0.872. The van der Waals surface area contributed by atoms with Gasteiger partial charge in [-0.05, 0) is 50.7 Å². The molecular weight excluding hydrogens is 376 g/mol. The first-order valence-electron chi connectivity index (χ1n) is 10.3. The van der Waals surface area contributed by atoms with Gasteiger partial charge >= 0.3 is 11.9 Å². The van der Waals surface area contributed by atoms with Crippen LogP contribution in [-0.4, -0.2) is 56.7 Å². The molecule has 164 valence electrons. The van der Waals surface area contributed by atoms with E-state index >= 15 is 0 Å². The van der Waals surface area contributed by atoms with Crippen LogP contribution in [0.25, 0.3) is 0 Å². The van der Waals surface area contributed by atoms with Crippen molar-refractivity contribution in [1.82, 2.24) is 0 Å². The molecule has 1 aromatic carbocycles. The Hall–Kier alpha value is -2.12. The fraction of sp³-hybridized carbons (Fsp3) is 0.636. The van der Waals surface area contributed by atoms with Crippen LogP contribution in [0.2, 0.25) is 0 Å². The molecule has 29 heavy (non-hydrogen) atoms. The molecule has 1 unspecified atom stereocenters. The summed E-state index contributed by atoms with van der Waals surface area (Å²) in [6.45, 7) is 3.24. The lowest BCUT2D eigenvalue weighted by Crippen LogP contribution is -2.28. The quantitative estimate of drug-likeness (QED) is 0.331. The predicted molar refractivity (Wildman–Crippen MR) is 109 cm³/mol. The number of methoxy groups -OCH3 is 1. The first kappa shape index (κ1) is 24.9. The fourth-order valence-corrected chi connectivity index (χ4v) is 2.76. The minimum absolute atomic E-state index is 0.189. The van der Waals surface area contributed by atoms with Crippen LogP contribution in [0.15, 0.2) is 24.3 Å². The predicted octanol–water partition coefficient (Wildman–Crippen LogP) is 3.06. The molecule has 0 bridgehead atoms. The van der Waals surface area contributed by atoms with E-state index in [1.165, 1.54) is 7.11 Å². The summed E-state index contributed by atoms with van der Waals surface area (Å²) in [7, 11) is 1.34. The Morgan fingerprint density at radius 2 is 1.79 bits per heavy atom. The van der Waals surface area contributed by atoms with Crippen molar-refractivity contribution in [1.29, 1.82) is 0 Å². The summed E-state index contributed by atoms with van der Waals surface area (Å²) < 4.78 is 21.4. The molecule has 0 spiro atoms. The highest BCUT2D eigenvalue weighted by Gasteiger charge is 2.22. The molecule has 0 aliphatic rings. The van der Waals surface area contributed by atoms with Crippen molar-refractivity contribution in [3.63, 3.8) is 0 Å². The standard InChI is InChI=1S/C22H34O7/c1-3-27-21(24)13-7-10-16-29-20(22(25)26-2)17-18-11-5-6-12-19(18)28-15-9-4-8-14-23/h5-6,11-12,20,23H,3-4,7-10,13-17H2,1-2H3. The molecule has 0 radical (unpaired) electrons. The van der Waals surface area contributed by atoms with Gasteiger partial charge in [0.25, 0.3) is 0 Å². The van der Waals surface area contributed by atoms with E-state index < -0.39 is 12.1 Å². The number of para-hydroxylation sites is 1. The number of rotatable bonds is 16. The smallest absolute Gasteiger partial charge is 0.335 e. The normalized spacial score (nSPS) is 11.7. The molecule has 0 heterocycles. The van der Waals surface area contributed by atoms with Crippen molar-refractivity contribution in [2.75, 3.05) is 33.5 Å². The zero-order chi connectivity index (χ0) is 21.3. The maximum atomic E-state index is 12.1. The Morgan fingerprint density at radius 3 is 2.52 bits per heavy atom. The van der Waals surface area contributed by atoms with E-state index in [9.17, 15) is 9.59 Å². The minimum Gasteiger partial charge on any atom is -0.493 e. The Bertz CT molecular complexity index is 588. The lowest BCUT2D eigenvalue weighted by Gasteiger charge is -2.18. The van der Waals surface area contributed by atoms with Crippen LogP contribution in [0.1, 0.15) is 51.0 Å². The van der Waals surface area contributed by atoms with E-state index in [0.717, 1.165) is 30.6 Å². The number of benzene rings is 1. The number of carbonyl (C=O) groups excluding carboxylic acids is 2. The van der Waals surface area contributed by atoms with E-state index in [1.54, 1.807) is 6.92 Å². The first-order chi connectivity index (χ1) is 14.1. The molecule has 1 aromatic rings. The van der Waals surface area contributed by atoms with Crippen molar-refractivity contribution in [3.8, 4) is 5.75 Å². The van der Waals surface area contributed by atoms with Gasteiger partial charge in [-0.25, -0.2) is 4.79 Å². The Balaban J connectivity index is 2.53. The molecule has 7 heteroatoms. The van der Waals surface area contributed by atoms with Crippen LogP contribution in [-0.2, 0) is 30.2 Å². The summed E-state index contributed by atoms with van der Waals surface area (Å²) in [5, 5.41) is 8.84. The Morgan fingerprint density at radius 1 is 1.03 bits per heavy atom. The lowest BCUT2D eigenvalue weighted by atomic mass is 10.1. The highest BCUT2D eigenvalue weighted by molar-refractivity contribution is 5.75. The number of esters is 2. The van der Waals surface area contributed by atoms with Crippen molar-refractivity contribution in [2.24, 2.45) is 0 Å². The molecular formula is C22H34O7. The molecule has 0 aliphatic carbocycles. The van der Waals surface area contributed by atoms with Crippen LogP contribution < -0.4 is 4.74 Å². The second kappa shape index (κ2) is 15.8. The molecule has 0 amide bonds. The highest BCUT2D eigenvalue weighted by atomic mass is 16.6. The van der Waals surface area contributed by atoms with Crippen LogP contribution in [0, 0.1) is 0 Å². The number of ether oxygens (including phenoxy) is 4. The van der Waals surface area contributed by atoms with Crippen molar-refractivity contribution >= 4 is 11.9 Å². The van der Waals surface area contributed by atoms with Gasteiger partial charge in [-0.15, -0.1) is 0 Å². The lowest BCUT2D eigenvalue weighted by molar-refractivity contribution is -0.154. The molecule has 0 saturated heterocycles. The molecule has 1 atom stereocenters. The summed E-state index contributed by atoms with van der Waals surface area (Å²) in [6, 6.07) is 7.55. The molecule has 1 rings (SSSR count). The van der Waals surface area contributed by atoms with Gasteiger partial charge in [-0.1, -0.05) is 18.2 Å². The van der Waals surface area contributed by atoms with Crippen LogP contribution in [0.5, 0.6) is 5.75 Å². The third-order valence-corrected chi connectivity index (χ3v) is 4.30. The second-order valence-corrected chi connectivity index (χ2v) is 6.59. The maximum Gasteiger partial charge on any atom is 0.335 e. The van der Waals surface area contributed by atoms with Gasteiger partial charge in [0.15, 0.2) is 6.10 Å². The molecule has 0 aliphatic heterocycles. The van der Waals surface area contributed by atoms with E-state index in [4.69, 9.17) is 24.1 Å². The van der Waals surface area contributed by atoms with Gasteiger partial charge in [0, 0.05) is 26.1 Å². The van der Waals surface area contributed by atoms with Crippen LogP contribution >= 0.6 is 0 Å². The summed E-state index contributed by atoms with van der Waals surface area (Å²) in [6.07, 6.45) is 3.76. The van der Waals surface area contributed by atoms with E-state index in [2.05, 4.69) is 0 Å². The first-order valence-corrected chi connectivity index (χ1v) is 10.3. The molecule has 0 saturated carbocycles. The van der Waals surface area contributed by atoms with Gasteiger partial charge < -0.3 is 24.1 Å². The Labute approximate surface area is 173 Å². The fourth-order valence-electron chi connectivity index (χ4n) is 2.76. The molecule has 7 nitrogen and oxygen atoms in total. The van der Waals surface area contributed by atoms with Crippen molar-refractivity contribution < 1.29 is 33.6 Å². The number of unbranched alkanes of at least 4 members (excludes halogenated alkanes) is 3. The summed E-state index contributed by atoms with van der Waals surface area (Å²) in [4.78, 5) is 23.5.